The van der Waals surface area contributed by atoms with Gasteiger partial charge < -0.3 is 16.0 Å². The zero-order valence-corrected chi connectivity index (χ0v) is 15.5. The predicted molar refractivity (Wildman–Crippen MR) is 100 cm³/mol. The van der Waals surface area contributed by atoms with Gasteiger partial charge in [-0.3, -0.25) is 9.59 Å². The maximum Gasteiger partial charge on any atom is 0.471 e. The molecule has 2 saturated heterocycles. The number of benzene rings is 1. The fourth-order valence-electron chi connectivity index (χ4n) is 3.79. The van der Waals surface area contributed by atoms with E-state index < -0.39 is 12.1 Å². The Labute approximate surface area is 163 Å². The third kappa shape index (κ3) is 3.90. The van der Waals surface area contributed by atoms with Crippen molar-refractivity contribution in [2.75, 3.05) is 5.32 Å². The fourth-order valence-corrected chi connectivity index (χ4v) is 4.70. The Morgan fingerprint density at radius 2 is 1.96 bits per heavy atom. The standard InChI is InChI=1S/C19H18F3N3O2S/c20-19(21,22)18(27)24-11-3-1-2-10(8-11)15-6-7-16(28-15)17(26)25-14-9-12-4-5-13(14)23-12/h1-3,6-8,12-14,23H,4-5,9H2,(H,24,27)(H,25,26). The Hall–Kier alpha value is -2.39. The summed E-state index contributed by atoms with van der Waals surface area (Å²) in [6, 6.07) is 10.5. The lowest BCUT2D eigenvalue weighted by Crippen LogP contribution is -2.42. The lowest BCUT2D eigenvalue weighted by molar-refractivity contribution is -0.167. The minimum Gasteiger partial charge on any atom is -0.347 e. The minimum absolute atomic E-state index is 0.0484. The molecule has 9 heteroatoms. The third-order valence-corrected chi connectivity index (χ3v) is 6.24. The van der Waals surface area contributed by atoms with Crippen molar-refractivity contribution < 1.29 is 22.8 Å². The van der Waals surface area contributed by atoms with Crippen molar-refractivity contribution >= 4 is 28.8 Å². The molecule has 5 nitrogen and oxygen atoms in total. The molecule has 0 spiro atoms. The van der Waals surface area contributed by atoms with Gasteiger partial charge >= 0.3 is 12.1 Å². The zero-order chi connectivity index (χ0) is 19.9. The van der Waals surface area contributed by atoms with Gasteiger partial charge in [-0.1, -0.05) is 12.1 Å². The van der Waals surface area contributed by atoms with E-state index in [1.807, 2.05) is 5.32 Å². The van der Waals surface area contributed by atoms with Crippen LogP contribution in [-0.4, -0.2) is 36.1 Å². The van der Waals surface area contributed by atoms with Gasteiger partial charge in [0.15, 0.2) is 0 Å². The van der Waals surface area contributed by atoms with E-state index in [0.29, 0.717) is 22.5 Å². The summed E-state index contributed by atoms with van der Waals surface area (Å²) in [7, 11) is 0. The molecule has 2 aromatic rings. The van der Waals surface area contributed by atoms with Crippen LogP contribution in [0.4, 0.5) is 18.9 Å². The molecular formula is C19H18F3N3O2S. The van der Waals surface area contributed by atoms with Crippen LogP contribution in [0.15, 0.2) is 36.4 Å². The van der Waals surface area contributed by atoms with Gasteiger partial charge in [0.25, 0.3) is 5.91 Å². The van der Waals surface area contributed by atoms with Crippen LogP contribution in [0.1, 0.15) is 28.9 Å². The molecule has 2 aliphatic heterocycles. The number of nitrogens with one attached hydrogen (secondary N) is 3. The van der Waals surface area contributed by atoms with E-state index in [9.17, 15) is 22.8 Å². The summed E-state index contributed by atoms with van der Waals surface area (Å²) in [5.41, 5.74) is 0.679. The molecule has 2 aliphatic rings. The van der Waals surface area contributed by atoms with E-state index in [2.05, 4.69) is 10.6 Å². The zero-order valence-electron chi connectivity index (χ0n) is 14.7. The largest absolute Gasteiger partial charge is 0.471 e. The van der Waals surface area contributed by atoms with E-state index in [4.69, 9.17) is 0 Å². The van der Waals surface area contributed by atoms with Crippen LogP contribution in [0.3, 0.4) is 0 Å². The van der Waals surface area contributed by atoms with Crippen LogP contribution in [0.25, 0.3) is 10.4 Å². The number of carbonyl (C=O) groups is 2. The Bertz CT molecular complexity index is 912. The van der Waals surface area contributed by atoms with Crippen molar-refractivity contribution in [1.82, 2.24) is 10.6 Å². The van der Waals surface area contributed by atoms with Crippen molar-refractivity contribution in [3.63, 3.8) is 0 Å². The van der Waals surface area contributed by atoms with E-state index in [1.165, 1.54) is 23.5 Å². The Balaban J connectivity index is 1.44. The topological polar surface area (TPSA) is 70.2 Å². The maximum atomic E-state index is 12.5. The molecular weight excluding hydrogens is 391 g/mol. The van der Waals surface area contributed by atoms with Crippen molar-refractivity contribution in [2.24, 2.45) is 0 Å². The monoisotopic (exact) mass is 409 g/mol. The Morgan fingerprint density at radius 1 is 1.14 bits per heavy atom. The van der Waals surface area contributed by atoms with Gasteiger partial charge in [0.05, 0.1) is 4.88 Å². The van der Waals surface area contributed by atoms with Crippen LogP contribution < -0.4 is 16.0 Å². The molecule has 28 heavy (non-hydrogen) atoms. The summed E-state index contributed by atoms with van der Waals surface area (Å²) in [5.74, 6) is -2.16. The Kier molecular flexibility index (Phi) is 4.88. The van der Waals surface area contributed by atoms with Gasteiger partial charge in [-0.05, 0) is 49.1 Å². The first kappa shape index (κ1) is 18.9. The average Bonchev–Trinajstić information content (AvgIpc) is 3.38. The smallest absolute Gasteiger partial charge is 0.347 e. The number of carbonyl (C=O) groups excluding carboxylic acids is 2. The van der Waals surface area contributed by atoms with Crippen LogP contribution in [-0.2, 0) is 4.79 Å². The van der Waals surface area contributed by atoms with Crippen LogP contribution >= 0.6 is 11.3 Å². The quantitative estimate of drug-likeness (QED) is 0.724. The summed E-state index contributed by atoms with van der Waals surface area (Å²) in [5, 5.41) is 8.38. The summed E-state index contributed by atoms with van der Waals surface area (Å²) < 4.78 is 37.2. The van der Waals surface area contributed by atoms with Gasteiger partial charge in [-0.25, -0.2) is 0 Å². The molecule has 0 radical (unpaired) electrons. The molecule has 2 fully saturated rings. The van der Waals surface area contributed by atoms with E-state index in [-0.39, 0.29) is 17.6 Å². The van der Waals surface area contributed by atoms with Gasteiger partial charge in [-0.15, -0.1) is 11.3 Å². The van der Waals surface area contributed by atoms with E-state index in [0.717, 1.165) is 24.1 Å². The second kappa shape index (κ2) is 7.21. The van der Waals surface area contributed by atoms with Crippen LogP contribution in [0, 0.1) is 0 Å². The fraction of sp³-hybridized carbons (Fsp3) is 0.368. The van der Waals surface area contributed by atoms with Crippen molar-refractivity contribution in [1.29, 1.82) is 0 Å². The van der Waals surface area contributed by atoms with E-state index in [1.54, 1.807) is 24.3 Å². The molecule has 3 heterocycles. The number of amides is 2. The molecule has 3 N–H and O–H groups in total. The molecule has 3 unspecified atom stereocenters. The molecule has 4 rings (SSSR count). The van der Waals surface area contributed by atoms with Gasteiger partial charge in [-0.2, -0.15) is 13.2 Å². The molecule has 0 saturated carbocycles. The molecule has 1 aromatic carbocycles. The minimum atomic E-state index is -4.95. The Morgan fingerprint density at radius 3 is 2.64 bits per heavy atom. The molecule has 1 aromatic heterocycles. The highest BCUT2D eigenvalue weighted by Crippen LogP contribution is 2.32. The highest BCUT2D eigenvalue weighted by Gasteiger charge is 2.40. The maximum absolute atomic E-state index is 12.5. The number of thiophene rings is 1. The molecule has 148 valence electrons. The highest BCUT2D eigenvalue weighted by molar-refractivity contribution is 7.17. The van der Waals surface area contributed by atoms with Crippen molar-refractivity contribution in [3.8, 4) is 10.4 Å². The number of fused-ring (bicyclic) bond motifs is 2. The van der Waals surface area contributed by atoms with E-state index >= 15 is 0 Å². The molecule has 2 amide bonds. The summed E-state index contributed by atoms with van der Waals surface area (Å²) in [4.78, 5) is 24.9. The summed E-state index contributed by atoms with van der Waals surface area (Å²) >= 11 is 1.26. The van der Waals surface area contributed by atoms with Crippen LogP contribution in [0.2, 0.25) is 0 Å². The lowest BCUT2D eigenvalue weighted by Gasteiger charge is -2.20. The molecule has 2 bridgehead atoms. The normalized spacial score (nSPS) is 23.6. The number of hydrogen-bond acceptors (Lipinski definition) is 4. The van der Waals surface area contributed by atoms with Gasteiger partial charge in [0.1, 0.15) is 0 Å². The number of rotatable bonds is 4. The molecule has 3 atom stereocenters. The number of alkyl halides is 3. The second-order valence-corrected chi connectivity index (χ2v) is 8.14. The predicted octanol–water partition coefficient (Wildman–Crippen LogP) is 3.54. The number of hydrogen-bond donors (Lipinski definition) is 3. The third-order valence-electron chi connectivity index (χ3n) is 5.11. The van der Waals surface area contributed by atoms with Gasteiger partial charge in [0, 0.05) is 28.7 Å². The number of halogens is 3. The van der Waals surface area contributed by atoms with Crippen LogP contribution in [0.5, 0.6) is 0 Å². The average molecular weight is 409 g/mol. The van der Waals surface area contributed by atoms with Gasteiger partial charge in [0.2, 0.25) is 0 Å². The second-order valence-electron chi connectivity index (χ2n) is 7.06. The number of anilines is 1. The first-order chi connectivity index (χ1) is 13.3. The summed E-state index contributed by atoms with van der Waals surface area (Å²) in [6.45, 7) is 0. The summed E-state index contributed by atoms with van der Waals surface area (Å²) in [6.07, 6.45) is -1.78. The van der Waals surface area contributed by atoms with Crippen molar-refractivity contribution in [3.05, 3.63) is 41.3 Å². The molecule has 0 aliphatic carbocycles. The lowest BCUT2D eigenvalue weighted by atomic mass is 9.95. The van der Waals surface area contributed by atoms with Crippen molar-refractivity contribution in [2.45, 2.75) is 43.6 Å². The SMILES string of the molecule is O=C(NC1CC2CCC1N2)c1ccc(-c2cccc(NC(=O)C(F)(F)F)c2)s1. The highest BCUT2D eigenvalue weighted by atomic mass is 32.1. The first-order valence-corrected chi connectivity index (χ1v) is 9.76. The first-order valence-electron chi connectivity index (χ1n) is 8.95.